The molecular weight excluding hydrogens is 340 g/mol. The fourth-order valence-corrected chi connectivity index (χ4v) is 4.37. The van der Waals surface area contributed by atoms with E-state index < -0.39 is 0 Å². The van der Waals surface area contributed by atoms with Gasteiger partial charge >= 0.3 is 0 Å². The molecule has 0 spiro atoms. The quantitative estimate of drug-likeness (QED) is 0.707. The summed E-state index contributed by atoms with van der Waals surface area (Å²) in [6, 6.07) is 5.95. The predicted octanol–water partition coefficient (Wildman–Crippen LogP) is 3.66. The molecule has 4 rings (SSSR count). The van der Waals surface area contributed by atoms with Crippen molar-refractivity contribution in [1.29, 1.82) is 0 Å². The Labute approximate surface area is 148 Å². The molecule has 5 nitrogen and oxygen atoms in total. The highest BCUT2D eigenvalue weighted by Gasteiger charge is 2.25. The number of Topliss-reactive ketones (excluding diaryl/α,β-unsaturated/α-hetero) is 1. The van der Waals surface area contributed by atoms with Crippen molar-refractivity contribution in [2.75, 3.05) is 19.6 Å². The Morgan fingerprint density at radius 1 is 1.29 bits per heavy atom. The van der Waals surface area contributed by atoms with Crippen LogP contribution in [0.3, 0.4) is 0 Å². The van der Waals surface area contributed by atoms with E-state index >= 15 is 0 Å². The van der Waals surface area contributed by atoms with Crippen LogP contribution in [0, 0.1) is 0 Å². The molecule has 0 atom stereocenters. The van der Waals surface area contributed by atoms with Gasteiger partial charge in [-0.1, -0.05) is 6.07 Å². The summed E-state index contributed by atoms with van der Waals surface area (Å²) in [5.41, 5.74) is 0.831. The third kappa shape index (κ3) is 3.33. The fourth-order valence-electron chi connectivity index (χ4n) is 3.05. The van der Waals surface area contributed by atoms with E-state index in [1.54, 1.807) is 22.7 Å². The summed E-state index contributed by atoms with van der Waals surface area (Å²) >= 11 is 3.22. The summed E-state index contributed by atoms with van der Waals surface area (Å²) < 4.78 is 0. The van der Waals surface area contributed by atoms with Crippen LogP contribution in [0.15, 0.2) is 34.3 Å². The van der Waals surface area contributed by atoms with Crippen LogP contribution in [0.1, 0.15) is 34.9 Å². The molecule has 3 aromatic rings. The highest BCUT2D eigenvalue weighted by Crippen LogP contribution is 2.28. The maximum atomic E-state index is 12.2. The number of likely N-dealkylation sites (tertiary alicyclic amines) is 1. The average molecular weight is 358 g/mol. The van der Waals surface area contributed by atoms with Gasteiger partial charge in [0.05, 0.1) is 11.4 Å². The molecule has 0 aromatic carbocycles. The maximum Gasteiger partial charge on any atom is 0.191 e. The molecule has 0 saturated carbocycles. The lowest BCUT2D eigenvalue weighted by Crippen LogP contribution is -2.37. The highest BCUT2D eigenvalue weighted by molar-refractivity contribution is 7.13. The van der Waals surface area contributed by atoms with Crippen molar-refractivity contribution in [3.63, 3.8) is 0 Å². The Kier molecular flexibility index (Phi) is 4.55. The number of carbonyl (C=O) groups excluding carboxylic acids is 1. The number of rotatable bonds is 5. The molecule has 124 valence electrons. The molecule has 4 heterocycles. The molecule has 1 N–H and O–H groups in total. The summed E-state index contributed by atoms with van der Waals surface area (Å²) in [6.45, 7) is 2.37. The van der Waals surface area contributed by atoms with Crippen LogP contribution in [0.25, 0.3) is 10.7 Å². The average Bonchev–Trinajstić information content (AvgIpc) is 3.35. The van der Waals surface area contributed by atoms with Gasteiger partial charge in [0.1, 0.15) is 5.82 Å². The van der Waals surface area contributed by atoms with Gasteiger partial charge in [-0.2, -0.15) is 16.4 Å². The Bertz CT molecular complexity index is 787. The molecular formula is C17H18N4OS2. The maximum absolute atomic E-state index is 12.2. The van der Waals surface area contributed by atoms with Gasteiger partial charge in [-0.3, -0.25) is 14.8 Å². The number of aromatic nitrogens is 3. The van der Waals surface area contributed by atoms with E-state index in [1.807, 2.05) is 34.3 Å². The number of piperidine rings is 1. The van der Waals surface area contributed by atoms with E-state index in [-0.39, 0.29) is 5.78 Å². The summed E-state index contributed by atoms with van der Waals surface area (Å²) in [7, 11) is 0. The van der Waals surface area contributed by atoms with Gasteiger partial charge < -0.3 is 0 Å². The second-order valence-corrected chi connectivity index (χ2v) is 7.73. The van der Waals surface area contributed by atoms with Crippen LogP contribution >= 0.6 is 22.7 Å². The zero-order valence-corrected chi connectivity index (χ0v) is 14.8. The zero-order valence-electron chi connectivity index (χ0n) is 13.1. The number of nitrogens with one attached hydrogen (secondary N) is 1. The molecule has 24 heavy (non-hydrogen) atoms. The number of nitrogens with zero attached hydrogens (tertiary/aromatic N) is 3. The second-order valence-electron chi connectivity index (χ2n) is 6.01. The first-order valence-electron chi connectivity index (χ1n) is 8.03. The van der Waals surface area contributed by atoms with Gasteiger partial charge in [-0.25, -0.2) is 4.98 Å². The highest BCUT2D eigenvalue weighted by atomic mass is 32.1. The number of aromatic amines is 1. The number of ketones is 1. The van der Waals surface area contributed by atoms with Crippen molar-refractivity contribution in [2.24, 2.45) is 0 Å². The van der Waals surface area contributed by atoms with Crippen molar-refractivity contribution in [2.45, 2.75) is 18.8 Å². The standard InChI is InChI=1S/C17H18N4OS2/c22-14(13-5-9-23-11-13)10-21-6-3-12(4-7-21)16-18-17(20-19-16)15-2-1-8-24-15/h1-2,5,8-9,11-12H,3-4,6-7,10H2,(H,18,19,20). The van der Waals surface area contributed by atoms with Gasteiger partial charge in [-0.05, 0) is 48.8 Å². The molecule has 0 radical (unpaired) electrons. The third-order valence-electron chi connectivity index (χ3n) is 4.43. The van der Waals surface area contributed by atoms with E-state index in [2.05, 4.69) is 20.1 Å². The lowest BCUT2D eigenvalue weighted by Gasteiger charge is -2.30. The fraction of sp³-hybridized carbons (Fsp3) is 0.353. The molecule has 0 aliphatic carbocycles. The van der Waals surface area contributed by atoms with Crippen LogP contribution in [-0.4, -0.2) is 45.5 Å². The topological polar surface area (TPSA) is 61.9 Å². The molecule has 3 aromatic heterocycles. The van der Waals surface area contributed by atoms with E-state index in [0.29, 0.717) is 12.5 Å². The van der Waals surface area contributed by atoms with Crippen LogP contribution in [-0.2, 0) is 0 Å². The number of hydrogen-bond acceptors (Lipinski definition) is 6. The van der Waals surface area contributed by atoms with Crippen LogP contribution < -0.4 is 0 Å². The number of thiophene rings is 2. The third-order valence-corrected chi connectivity index (χ3v) is 5.98. The molecule has 1 saturated heterocycles. The monoisotopic (exact) mass is 358 g/mol. The summed E-state index contributed by atoms with van der Waals surface area (Å²) in [5, 5.41) is 13.4. The lowest BCUT2D eigenvalue weighted by molar-refractivity contribution is 0.0909. The second kappa shape index (κ2) is 6.96. The van der Waals surface area contributed by atoms with E-state index in [4.69, 9.17) is 0 Å². The molecule has 0 amide bonds. The lowest BCUT2D eigenvalue weighted by atomic mass is 9.96. The van der Waals surface area contributed by atoms with E-state index in [9.17, 15) is 4.79 Å². The summed E-state index contributed by atoms with van der Waals surface area (Å²) in [4.78, 5) is 20.2. The minimum absolute atomic E-state index is 0.217. The number of hydrogen-bond donors (Lipinski definition) is 1. The predicted molar refractivity (Wildman–Crippen MR) is 96.8 cm³/mol. The Morgan fingerprint density at radius 2 is 2.17 bits per heavy atom. The molecule has 0 unspecified atom stereocenters. The van der Waals surface area contributed by atoms with Crippen molar-refractivity contribution in [1.82, 2.24) is 20.1 Å². The van der Waals surface area contributed by atoms with Crippen molar-refractivity contribution in [3.05, 3.63) is 45.7 Å². The summed E-state index contributed by atoms with van der Waals surface area (Å²) in [6.07, 6.45) is 2.02. The van der Waals surface area contributed by atoms with Gasteiger partial charge in [0.2, 0.25) is 0 Å². The van der Waals surface area contributed by atoms with Crippen molar-refractivity contribution < 1.29 is 4.79 Å². The minimum atomic E-state index is 0.217. The minimum Gasteiger partial charge on any atom is -0.296 e. The SMILES string of the molecule is O=C(CN1CCC(c2nc(-c3cccs3)n[nH]2)CC1)c1ccsc1. The van der Waals surface area contributed by atoms with Gasteiger partial charge in [0, 0.05) is 16.9 Å². The van der Waals surface area contributed by atoms with Crippen molar-refractivity contribution in [3.8, 4) is 10.7 Å². The number of carbonyl (C=O) groups is 1. The van der Waals surface area contributed by atoms with Crippen molar-refractivity contribution >= 4 is 28.5 Å². The van der Waals surface area contributed by atoms with Gasteiger partial charge in [0.15, 0.2) is 11.6 Å². The zero-order chi connectivity index (χ0) is 16.4. The largest absolute Gasteiger partial charge is 0.296 e. The first kappa shape index (κ1) is 15.7. The van der Waals surface area contributed by atoms with Gasteiger partial charge in [0.25, 0.3) is 0 Å². The smallest absolute Gasteiger partial charge is 0.191 e. The van der Waals surface area contributed by atoms with E-state index in [0.717, 1.165) is 48.0 Å². The Balaban J connectivity index is 1.34. The molecule has 1 aliphatic rings. The van der Waals surface area contributed by atoms with Crippen LogP contribution in [0.4, 0.5) is 0 Å². The molecule has 7 heteroatoms. The summed E-state index contributed by atoms with van der Waals surface area (Å²) in [5.74, 6) is 2.38. The first-order chi connectivity index (χ1) is 11.8. The number of H-pyrrole nitrogens is 1. The molecule has 1 aliphatic heterocycles. The normalized spacial score (nSPS) is 16.5. The Morgan fingerprint density at radius 3 is 2.88 bits per heavy atom. The van der Waals surface area contributed by atoms with Gasteiger partial charge in [-0.15, -0.1) is 11.3 Å². The molecule has 1 fully saturated rings. The van der Waals surface area contributed by atoms with E-state index in [1.165, 1.54) is 0 Å². The molecule has 0 bridgehead atoms. The Hall–Kier alpha value is -1.83. The van der Waals surface area contributed by atoms with Crippen LogP contribution in [0.2, 0.25) is 0 Å². The van der Waals surface area contributed by atoms with Crippen LogP contribution in [0.5, 0.6) is 0 Å². The first-order valence-corrected chi connectivity index (χ1v) is 9.86.